The summed E-state index contributed by atoms with van der Waals surface area (Å²) in [5.74, 6) is -3.34. The van der Waals surface area contributed by atoms with E-state index in [2.05, 4.69) is 6.58 Å². The zero-order valence-electron chi connectivity index (χ0n) is 26.3. The molecule has 230 valence electrons. The van der Waals surface area contributed by atoms with E-state index in [-0.39, 0.29) is 64.0 Å². The summed E-state index contributed by atoms with van der Waals surface area (Å²) in [7, 11) is 1.20. The van der Waals surface area contributed by atoms with Crippen molar-refractivity contribution >= 4 is 91.9 Å². The second kappa shape index (κ2) is 12.4. The zero-order valence-corrected chi connectivity index (χ0v) is 27.7. The number of allylic oxidation sites excluding steroid dienone is 2. The van der Waals surface area contributed by atoms with Gasteiger partial charge < -0.3 is 29.7 Å². The summed E-state index contributed by atoms with van der Waals surface area (Å²) in [5.41, 5.74) is 7.58. The van der Waals surface area contributed by atoms with Crippen LogP contribution in [0.1, 0.15) is 95.5 Å². The molecule has 0 aromatic carbocycles. The zero-order chi connectivity index (χ0) is 32.3. The van der Waals surface area contributed by atoms with Gasteiger partial charge in [-0.25, -0.2) is 9.78 Å². The number of carboxylic acid groups (broad SMARTS) is 1. The third kappa shape index (κ3) is 4.98. The van der Waals surface area contributed by atoms with E-state index in [9.17, 15) is 24.6 Å². The minimum atomic E-state index is -1.21. The summed E-state index contributed by atoms with van der Waals surface area (Å²) in [5, 5.41) is 25.5. The second-order valence-electron chi connectivity index (χ2n) is 11.4. The maximum absolute atomic E-state index is 13.9. The largest absolute Gasteiger partial charge is 2.00 e. The van der Waals surface area contributed by atoms with Crippen molar-refractivity contribution in [3.63, 3.8) is 0 Å². The van der Waals surface area contributed by atoms with Gasteiger partial charge in [-0.1, -0.05) is 55.5 Å². The molecule has 0 radical (unpaired) electrons. The number of carboxylic acids is 1. The molecule has 10 nitrogen and oxygen atoms in total. The van der Waals surface area contributed by atoms with Crippen molar-refractivity contribution < 1.29 is 29.3 Å². The molecule has 0 amide bonds. The monoisotopic (exact) mass is 626 g/mol. The van der Waals surface area contributed by atoms with Crippen LogP contribution in [0, 0.1) is 13.8 Å². The number of nitrogens with zero attached hydrogens (tertiary/aromatic N) is 4. The van der Waals surface area contributed by atoms with E-state index < -0.39 is 23.6 Å². The Morgan fingerprint density at radius 3 is 2.37 bits per heavy atom. The van der Waals surface area contributed by atoms with Crippen molar-refractivity contribution in [1.82, 2.24) is 19.9 Å². The Hall–Kier alpha value is -4.48. The SMILES string of the molecule is C=Cc1c(C)c2cc3nc(c4c5[n-]c(cc6nc(cc1[n-]2)C(C=O)=C6CC)c(C)c5C([O-])=C4C(=O)OC)[C@@H](CCC(=O)[O-])[C@@H]3C.[Mg+2]. The Morgan fingerprint density at radius 1 is 1.04 bits per heavy atom. The Balaban J connectivity index is 0.00000417. The first-order valence-electron chi connectivity index (χ1n) is 14.7. The van der Waals surface area contributed by atoms with Crippen LogP contribution in [0.5, 0.6) is 0 Å². The molecule has 0 N–H and O–H groups in total. The van der Waals surface area contributed by atoms with E-state index in [1.165, 1.54) is 7.11 Å². The van der Waals surface area contributed by atoms with Crippen LogP contribution in [-0.4, -0.2) is 58.4 Å². The molecule has 3 aromatic rings. The summed E-state index contributed by atoms with van der Waals surface area (Å²) in [6.07, 6.45) is 2.93. The first-order valence-corrected chi connectivity index (χ1v) is 14.7. The first-order chi connectivity index (χ1) is 21.5. The molecule has 2 aliphatic heterocycles. The van der Waals surface area contributed by atoms with Gasteiger partial charge in [0.25, 0.3) is 0 Å². The molecule has 3 aromatic heterocycles. The van der Waals surface area contributed by atoms with E-state index in [1.54, 1.807) is 25.1 Å². The average molecular weight is 627 g/mol. The standard InChI is InChI=1S/C35H34N4O6.Mg/c1-7-18-15(3)22-11-23-16(4)20(9-10-28(41)42)32(38-23)30-31(35(44)45-6)34(43)29-17(5)24(39-33(29)30)12-26-19(8-2)21(14-40)27(37-26)13-25(18)36-22;/h7,11-14,16,20H,1,8-10H2,2-6H3,(H4,36,37,38,39,40,41,42,43,44);/q;+2/p-4/t16-,20-;/m0./s1. The van der Waals surface area contributed by atoms with Gasteiger partial charge >= 0.3 is 29.0 Å². The van der Waals surface area contributed by atoms with Gasteiger partial charge in [0.15, 0.2) is 6.29 Å². The van der Waals surface area contributed by atoms with Crippen LogP contribution in [0.4, 0.5) is 0 Å². The predicted molar refractivity (Wildman–Crippen MR) is 172 cm³/mol. The Morgan fingerprint density at radius 2 is 1.74 bits per heavy atom. The van der Waals surface area contributed by atoms with Crippen molar-refractivity contribution in [3.05, 3.63) is 75.4 Å². The van der Waals surface area contributed by atoms with E-state index in [0.717, 1.165) is 23.0 Å². The van der Waals surface area contributed by atoms with Crippen molar-refractivity contribution in [2.75, 3.05) is 7.11 Å². The van der Waals surface area contributed by atoms with Crippen LogP contribution in [0.15, 0.2) is 24.8 Å². The van der Waals surface area contributed by atoms with Gasteiger partial charge in [-0.15, -0.1) is 22.1 Å². The van der Waals surface area contributed by atoms with Gasteiger partial charge in [-0.2, -0.15) is 0 Å². The number of methoxy groups -OCH3 is 1. The number of hydrogen-bond acceptors (Lipinski definition) is 8. The topological polar surface area (TPSA) is 161 Å². The smallest absolute Gasteiger partial charge is 0.871 e. The molecule has 2 atom stereocenters. The van der Waals surface area contributed by atoms with Gasteiger partial charge in [-0.3, -0.25) is 9.78 Å². The number of rotatable bonds is 7. The summed E-state index contributed by atoms with van der Waals surface area (Å²) in [4.78, 5) is 56.6. The van der Waals surface area contributed by atoms with Crippen molar-refractivity contribution in [2.45, 2.75) is 58.8 Å². The molecular weight excluding hydrogens is 597 g/mol. The summed E-state index contributed by atoms with van der Waals surface area (Å²) >= 11 is 0. The van der Waals surface area contributed by atoms with Crippen molar-refractivity contribution in [2.24, 2.45) is 0 Å². The predicted octanol–water partition coefficient (Wildman–Crippen LogP) is 3.10. The fraction of sp³-hybridized carbons (Fsp3) is 0.286. The number of aryl methyl sites for hydroxylation is 2. The van der Waals surface area contributed by atoms with Gasteiger partial charge in [0.2, 0.25) is 0 Å². The first kappa shape index (κ1) is 32.9. The Labute approximate surface area is 281 Å². The number of esters is 1. The molecule has 0 spiro atoms. The fourth-order valence-electron chi connectivity index (χ4n) is 6.69. The van der Waals surface area contributed by atoms with Crippen LogP contribution in [0.25, 0.3) is 50.6 Å². The number of aliphatic carboxylic acids is 1. The maximum Gasteiger partial charge on any atom is 2.00 e. The quantitative estimate of drug-likeness (QED) is 0.216. The normalized spacial score (nSPS) is 16.8. The Bertz CT molecular complexity index is 2080. The van der Waals surface area contributed by atoms with Crippen LogP contribution in [0.2, 0.25) is 0 Å². The third-order valence-corrected chi connectivity index (χ3v) is 9.11. The molecular formula is C35H30MgN4O6-2. The number of aromatic nitrogens is 4. The van der Waals surface area contributed by atoms with Crippen molar-refractivity contribution in [1.29, 1.82) is 0 Å². The molecule has 11 heteroatoms. The van der Waals surface area contributed by atoms with Crippen LogP contribution in [0.3, 0.4) is 0 Å². The van der Waals surface area contributed by atoms with Crippen LogP contribution in [-0.2, 0) is 19.1 Å². The van der Waals surface area contributed by atoms with Crippen molar-refractivity contribution in [3.8, 4) is 0 Å². The summed E-state index contributed by atoms with van der Waals surface area (Å²) in [6, 6.07) is 5.34. The number of hydrogen-bond donors (Lipinski definition) is 0. The number of carbonyl (C=O) groups is 3. The fourth-order valence-corrected chi connectivity index (χ4v) is 6.69. The maximum atomic E-state index is 13.9. The molecule has 0 fully saturated rings. The van der Waals surface area contributed by atoms with E-state index in [1.807, 2.05) is 26.8 Å². The minimum Gasteiger partial charge on any atom is -0.871 e. The molecule has 8 bridgehead atoms. The molecule has 0 saturated carbocycles. The number of carbonyl (C=O) groups excluding carboxylic acids is 3. The van der Waals surface area contributed by atoms with Gasteiger partial charge in [-0.05, 0) is 61.4 Å². The molecule has 1 aliphatic carbocycles. The van der Waals surface area contributed by atoms with E-state index in [0.29, 0.717) is 56.9 Å². The Kier molecular flexibility index (Phi) is 8.85. The summed E-state index contributed by atoms with van der Waals surface area (Å²) < 4.78 is 5.05. The second-order valence-corrected chi connectivity index (χ2v) is 11.4. The van der Waals surface area contributed by atoms with Gasteiger partial charge in [0, 0.05) is 29.1 Å². The van der Waals surface area contributed by atoms with Gasteiger partial charge in [0.05, 0.1) is 29.8 Å². The van der Waals surface area contributed by atoms with Gasteiger partial charge in [0.1, 0.15) is 0 Å². The summed E-state index contributed by atoms with van der Waals surface area (Å²) in [6.45, 7) is 11.5. The van der Waals surface area contributed by atoms with E-state index >= 15 is 0 Å². The molecule has 6 rings (SSSR count). The number of fused-ring (bicyclic) bond motifs is 8. The minimum absolute atomic E-state index is 0. The molecule has 0 saturated heterocycles. The average Bonchev–Trinajstić information content (AvgIpc) is 3.76. The molecule has 0 unspecified atom stereocenters. The van der Waals surface area contributed by atoms with Crippen LogP contribution >= 0.6 is 0 Å². The molecule has 3 aliphatic rings. The number of ether oxygens (including phenoxy) is 1. The number of aldehydes is 1. The molecule has 46 heavy (non-hydrogen) atoms. The third-order valence-electron chi connectivity index (χ3n) is 9.11. The molecule has 5 heterocycles. The van der Waals surface area contributed by atoms with Crippen LogP contribution < -0.4 is 20.2 Å². The van der Waals surface area contributed by atoms with E-state index in [4.69, 9.17) is 24.7 Å².